The number of rotatable bonds is 9. The van der Waals surface area contributed by atoms with Crippen molar-refractivity contribution in [2.24, 2.45) is 0 Å². The summed E-state index contributed by atoms with van der Waals surface area (Å²) in [6, 6.07) is 11.4. The van der Waals surface area contributed by atoms with E-state index in [0.717, 1.165) is 0 Å². The van der Waals surface area contributed by atoms with Crippen LogP contribution in [0.15, 0.2) is 48.5 Å². The molecule has 0 aliphatic rings. The zero-order chi connectivity index (χ0) is 19.1. The average Bonchev–Trinajstić information content (AvgIpc) is 2.64. The molecule has 2 aromatic rings. The summed E-state index contributed by atoms with van der Waals surface area (Å²) in [6.45, 7) is 0.0852. The predicted octanol–water partition coefficient (Wildman–Crippen LogP) is 1.75. The fraction of sp³-hybridized carbons (Fsp3) is 0.250. The third kappa shape index (κ3) is 5.40. The van der Waals surface area contributed by atoms with Crippen molar-refractivity contribution in [1.82, 2.24) is 0 Å². The maximum absolute atomic E-state index is 10.6. The van der Waals surface area contributed by atoms with Gasteiger partial charge in [0.05, 0.1) is 22.1 Å². The van der Waals surface area contributed by atoms with Crippen LogP contribution in [-0.4, -0.2) is 45.4 Å². The predicted molar refractivity (Wildman–Crippen MR) is 95.2 cm³/mol. The van der Waals surface area contributed by atoms with Crippen molar-refractivity contribution in [3.63, 3.8) is 0 Å². The summed E-state index contributed by atoms with van der Waals surface area (Å²) in [5.74, 6) is 0. The molecule has 2 rings (SSSR count). The van der Waals surface area contributed by atoms with Crippen LogP contribution >= 0.6 is 0 Å². The topological polar surface area (TPSA) is 151 Å². The molecule has 0 aliphatic heterocycles. The Balaban J connectivity index is 1.78. The largest absolute Gasteiger partial charge is 0.389 e. The molecule has 0 aliphatic carbocycles. The van der Waals surface area contributed by atoms with E-state index in [9.17, 15) is 30.4 Å². The SMILES string of the molecule is O=[N+]([O-])c1ccc(NCC(O)C(O)CNc2ccc([N+](=O)[O-])cc2)cc1. The Bertz CT molecular complexity index is 685. The third-order valence-electron chi connectivity index (χ3n) is 3.63. The molecule has 0 aromatic heterocycles. The molecule has 0 spiro atoms. The second-order valence-corrected chi connectivity index (χ2v) is 5.50. The Hall–Kier alpha value is -3.24. The third-order valence-corrected chi connectivity index (χ3v) is 3.63. The first-order chi connectivity index (χ1) is 12.4. The zero-order valence-corrected chi connectivity index (χ0v) is 13.6. The molecule has 0 fully saturated rings. The molecule has 0 radical (unpaired) electrons. The van der Waals surface area contributed by atoms with Gasteiger partial charge < -0.3 is 20.8 Å². The first kappa shape index (κ1) is 19.1. The van der Waals surface area contributed by atoms with E-state index in [1.807, 2.05) is 0 Å². The maximum atomic E-state index is 10.6. The molecule has 10 heteroatoms. The van der Waals surface area contributed by atoms with E-state index >= 15 is 0 Å². The molecule has 0 saturated heterocycles. The smallest absolute Gasteiger partial charge is 0.269 e. The van der Waals surface area contributed by atoms with Crippen LogP contribution in [0.3, 0.4) is 0 Å². The number of anilines is 2. The van der Waals surface area contributed by atoms with Crippen molar-refractivity contribution in [1.29, 1.82) is 0 Å². The second kappa shape index (κ2) is 8.74. The van der Waals surface area contributed by atoms with Crippen molar-refractivity contribution in [3.8, 4) is 0 Å². The van der Waals surface area contributed by atoms with Crippen molar-refractivity contribution in [2.75, 3.05) is 23.7 Å². The van der Waals surface area contributed by atoms with Crippen molar-refractivity contribution in [3.05, 3.63) is 68.8 Å². The van der Waals surface area contributed by atoms with E-state index in [0.29, 0.717) is 11.4 Å². The zero-order valence-electron chi connectivity index (χ0n) is 13.6. The molecule has 0 amide bonds. The first-order valence-electron chi connectivity index (χ1n) is 7.69. The van der Waals surface area contributed by atoms with Crippen LogP contribution in [0.5, 0.6) is 0 Å². The average molecular weight is 362 g/mol. The summed E-state index contributed by atoms with van der Waals surface area (Å²) in [7, 11) is 0. The highest BCUT2D eigenvalue weighted by molar-refractivity contribution is 5.49. The van der Waals surface area contributed by atoms with E-state index in [1.54, 1.807) is 0 Å². The van der Waals surface area contributed by atoms with Crippen LogP contribution in [-0.2, 0) is 0 Å². The summed E-state index contributed by atoms with van der Waals surface area (Å²) in [5.41, 5.74) is 1.07. The van der Waals surface area contributed by atoms with Gasteiger partial charge >= 0.3 is 0 Å². The molecule has 0 saturated carbocycles. The van der Waals surface area contributed by atoms with Gasteiger partial charge in [-0.15, -0.1) is 0 Å². The molecule has 2 unspecified atom stereocenters. The highest BCUT2D eigenvalue weighted by Crippen LogP contribution is 2.16. The molecular weight excluding hydrogens is 344 g/mol. The molecule has 0 bridgehead atoms. The van der Waals surface area contributed by atoms with Crippen LogP contribution in [0.25, 0.3) is 0 Å². The molecule has 10 nitrogen and oxygen atoms in total. The number of hydrogen-bond donors (Lipinski definition) is 4. The molecule has 2 aromatic carbocycles. The quantitative estimate of drug-likeness (QED) is 0.389. The minimum Gasteiger partial charge on any atom is -0.389 e. The number of hydrogen-bond acceptors (Lipinski definition) is 8. The Kier molecular flexibility index (Phi) is 6.42. The lowest BCUT2D eigenvalue weighted by molar-refractivity contribution is -0.385. The monoisotopic (exact) mass is 362 g/mol. The van der Waals surface area contributed by atoms with Crippen LogP contribution in [0, 0.1) is 20.2 Å². The van der Waals surface area contributed by atoms with Gasteiger partial charge in [0.1, 0.15) is 0 Å². The van der Waals surface area contributed by atoms with E-state index in [2.05, 4.69) is 10.6 Å². The van der Waals surface area contributed by atoms with Crippen LogP contribution < -0.4 is 10.6 Å². The lowest BCUT2D eigenvalue weighted by Crippen LogP contribution is -2.37. The normalized spacial score (nSPS) is 12.8. The molecule has 2 atom stereocenters. The number of nitro benzene ring substituents is 2. The van der Waals surface area contributed by atoms with Crippen molar-refractivity contribution >= 4 is 22.7 Å². The molecular formula is C16H18N4O6. The van der Waals surface area contributed by atoms with Gasteiger partial charge in [-0.25, -0.2) is 0 Å². The number of nitro groups is 2. The van der Waals surface area contributed by atoms with Crippen LogP contribution in [0.1, 0.15) is 0 Å². The molecule has 138 valence electrons. The Morgan fingerprint density at radius 2 is 1.04 bits per heavy atom. The summed E-state index contributed by atoms with van der Waals surface area (Å²) >= 11 is 0. The van der Waals surface area contributed by atoms with Gasteiger partial charge in [0.15, 0.2) is 0 Å². The lowest BCUT2D eigenvalue weighted by Gasteiger charge is -2.19. The van der Waals surface area contributed by atoms with E-state index in [4.69, 9.17) is 0 Å². The van der Waals surface area contributed by atoms with Gasteiger partial charge in [0, 0.05) is 48.7 Å². The number of aliphatic hydroxyl groups excluding tert-OH is 2. The summed E-state index contributed by atoms with van der Waals surface area (Å²) in [6.07, 6.45) is -2.17. The van der Waals surface area contributed by atoms with E-state index < -0.39 is 22.1 Å². The van der Waals surface area contributed by atoms with Crippen molar-refractivity contribution < 1.29 is 20.1 Å². The van der Waals surface area contributed by atoms with E-state index in [-0.39, 0.29) is 24.5 Å². The highest BCUT2D eigenvalue weighted by atomic mass is 16.6. The number of aliphatic hydroxyl groups is 2. The van der Waals surface area contributed by atoms with Crippen LogP contribution in [0.2, 0.25) is 0 Å². The number of non-ortho nitro benzene ring substituents is 2. The second-order valence-electron chi connectivity index (χ2n) is 5.50. The lowest BCUT2D eigenvalue weighted by atomic mass is 10.2. The number of nitrogens with one attached hydrogen (secondary N) is 2. The van der Waals surface area contributed by atoms with E-state index in [1.165, 1.54) is 48.5 Å². The number of benzene rings is 2. The fourth-order valence-corrected chi connectivity index (χ4v) is 2.12. The summed E-state index contributed by atoms with van der Waals surface area (Å²) in [4.78, 5) is 20.1. The highest BCUT2D eigenvalue weighted by Gasteiger charge is 2.16. The standard InChI is InChI=1S/C16H18N4O6/c21-15(9-17-11-1-5-13(6-2-11)19(23)24)16(22)10-18-12-3-7-14(8-4-12)20(25)26/h1-8,15-18,21-22H,9-10H2. The van der Waals surface area contributed by atoms with Gasteiger partial charge in [0.2, 0.25) is 0 Å². The van der Waals surface area contributed by atoms with Gasteiger partial charge in [-0.05, 0) is 24.3 Å². The van der Waals surface area contributed by atoms with Crippen LogP contribution in [0.4, 0.5) is 22.7 Å². The number of nitrogens with zero attached hydrogens (tertiary/aromatic N) is 2. The Morgan fingerprint density at radius 3 is 1.31 bits per heavy atom. The fourth-order valence-electron chi connectivity index (χ4n) is 2.12. The minimum atomic E-state index is -1.09. The molecule has 4 N–H and O–H groups in total. The van der Waals surface area contributed by atoms with Gasteiger partial charge in [-0.3, -0.25) is 20.2 Å². The van der Waals surface area contributed by atoms with Gasteiger partial charge in [0.25, 0.3) is 11.4 Å². The Morgan fingerprint density at radius 1 is 0.731 bits per heavy atom. The summed E-state index contributed by atoms with van der Waals surface area (Å²) < 4.78 is 0. The maximum Gasteiger partial charge on any atom is 0.269 e. The molecule has 26 heavy (non-hydrogen) atoms. The van der Waals surface area contributed by atoms with Crippen molar-refractivity contribution in [2.45, 2.75) is 12.2 Å². The summed E-state index contributed by atoms with van der Waals surface area (Å²) in [5, 5.41) is 46.8. The first-order valence-corrected chi connectivity index (χ1v) is 7.69. The molecule has 0 heterocycles. The van der Waals surface area contributed by atoms with Gasteiger partial charge in [-0.1, -0.05) is 0 Å². The van der Waals surface area contributed by atoms with Gasteiger partial charge in [-0.2, -0.15) is 0 Å². The minimum absolute atomic E-state index is 0.0385. The Labute approximate surface area is 148 Å².